The molecule has 5 rings (SSSR count). The van der Waals surface area contributed by atoms with Crippen LogP contribution in [0.2, 0.25) is 0 Å². The number of aliphatic hydroxyl groups is 5. The van der Waals surface area contributed by atoms with Gasteiger partial charge < -0.3 is 74.0 Å². The number of esters is 3. The average Bonchev–Trinajstić information content (AvgIpc) is 3.47. The summed E-state index contributed by atoms with van der Waals surface area (Å²) < 4.78 is 39.0. The molecule has 0 bridgehead atoms. The van der Waals surface area contributed by atoms with Gasteiger partial charge in [-0.2, -0.15) is 0 Å². The first-order valence-corrected chi connectivity index (χ1v) is 17.6. The van der Waals surface area contributed by atoms with Crippen LogP contribution in [-0.4, -0.2) is 140 Å². The second kappa shape index (κ2) is 19.5. The predicted molar refractivity (Wildman–Crippen MR) is 198 cm³/mol. The molecule has 3 aromatic carbocycles. The number of carbonyl (C=O) groups excluding carboxylic acids is 3. The van der Waals surface area contributed by atoms with Crippen LogP contribution in [0.4, 0.5) is 0 Å². The number of methoxy groups -OCH3 is 1. The molecule has 2 saturated heterocycles. The molecular weight excluding hydrogens is 768 g/mol. The van der Waals surface area contributed by atoms with Crippen molar-refractivity contribution < 1.29 is 88.4 Å². The monoisotopic (exact) mass is 810 g/mol. The summed E-state index contributed by atoms with van der Waals surface area (Å²) in [6.07, 6.45) is -7.79. The second-order valence-electron chi connectivity index (χ2n) is 13.0. The van der Waals surface area contributed by atoms with Gasteiger partial charge in [-0.05, 0) is 71.3 Å². The van der Waals surface area contributed by atoms with Crippen LogP contribution in [0.15, 0.2) is 85.0 Å². The fourth-order valence-corrected chi connectivity index (χ4v) is 5.80. The molecule has 58 heavy (non-hydrogen) atoms. The molecule has 0 spiro atoms. The molecule has 0 saturated carbocycles. The first kappa shape index (κ1) is 43.3. The highest BCUT2D eigenvalue weighted by atomic mass is 16.8. The largest absolute Gasteiger partial charge is 0.508 e. The van der Waals surface area contributed by atoms with Crippen LogP contribution < -0.4 is 4.74 Å². The molecule has 0 aromatic heterocycles. The Morgan fingerprint density at radius 1 is 0.690 bits per heavy atom. The first-order valence-electron chi connectivity index (χ1n) is 17.6. The topological polar surface area (TPSA) is 278 Å². The number of ether oxygens (including phenoxy) is 7. The first-order chi connectivity index (χ1) is 27.7. The number of hydrogen-bond acceptors (Lipinski definition) is 18. The summed E-state index contributed by atoms with van der Waals surface area (Å²) in [5.41, 5.74) is 1.39. The Morgan fingerprint density at radius 3 is 1.83 bits per heavy atom. The van der Waals surface area contributed by atoms with Gasteiger partial charge in [0.1, 0.15) is 61.3 Å². The lowest BCUT2D eigenvalue weighted by Crippen LogP contribution is -2.63. The van der Waals surface area contributed by atoms with Crippen molar-refractivity contribution in [1.82, 2.24) is 0 Å². The Bertz CT molecular complexity index is 1960. The molecule has 0 aliphatic carbocycles. The zero-order valence-corrected chi connectivity index (χ0v) is 30.7. The van der Waals surface area contributed by atoms with Gasteiger partial charge in [-0.1, -0.05) is 30.3 Å². The van der Waals surface area contributed by atoms with Crippen LogP contribution in [0.3, 0.4) is 0 Å². The van der Waals surface area contributed by atoms with E-state index in [-0.39, 0.29) is 23.0 Å². The maximum atomic E-state index is 13.3. The van der Waals surface area contributed by atoms with Crippen LogP contribution >= 0.6 is 0 Å². The van der Waals surface area contributed by atoms with Gasteiger partial charge in [0.15, 0.2) is 23.9 Å². The van der Waals surface area contributed by atoms with Gasteiger partial charge >= 0.3 is 17.9 Å². The minimum Gasteiger partial charge on any atom is -0.508 e. The third kappa shape index (κ3) is 11.0. The maximum absolute atomic E-state index is 13.3. The van der Waals surface area contributed by atoms with E-state index < -0.39 is 92.5 Å². The van der Waals surface area contributed by atoms with Crippen LogP contribution in [0.5, 0.6) is 23.0 Å². The van der Waals surface area contributed by atoms with E-state index in [0.29, 0.717) is 16.7 Å². The molecule has 310 valence electrons. The van der Waals surface area contributed by atoms with Crippen molar-refractivity contribution in [2.75, 3.05) is 26.9 Å². The number of carbonyl (C=O) groups is 3. The van der Waals surface area contributed by atoms with Gasteiger partial charge in [0.2, 0.25) is 5.79 Å². The van der Waals surface area contributed by atoms with Gasteiger partial charge in [-0.3, -0.25) is 0 Å². The Kier molecular flexibility index (Phi) is 14.6. The summed E-state index contributed by atoms with van der Waals surface area (Å²) in [6.45, 7) is -2.60. The Hall–Kier alpha value is -5.83. The van der Waals surface area contributed by atoms with Crippen molar-refractivity contribution in [2.24, 2.45) is 0 Å². The lowest BCUT2D eigenvalue weighted by Gasteiger charge is -2.43. The average molecular weight is 811 g/mol. The summed E-state index contributed by atoms with van der Waals surface area (Å²) in [6, 6.07) is 15.8. The van der Waals surface area contributed by atoms with E-state index in [2.05, 4.69) is 0 Å². The molecule has 0 radical (unpaired) electrons. The van der Waals surface area contributed by atoms with E-state index >= 15 is 0 Å². The number of benzene rings is 3. The molecule has 2 aliphatic heterocycles. The zero-order chi connectivity index (χ0) is 42.0. The molecule has 0 amide bonds. The van der Waals surface area contributed by atoms with Crippen LogP contribution in [0.1, 0.15) is 16.7 Å². The summed E-state index contributed by atoms with van der Waals surface area (Å²) in [4.78, 5) is 39.1. The van der Waals surface area contributed by atoms with Crippen LogP contribution in [-0.2, 0) is 42.8 Å². The Balaban J connectivity index is 1.44. The van der Waals surface area contributed by atoms with Gasteiger partial charge in [-0.25, -0.2) is 14.4 Å². The molecule has 18 heteroatoms. The number of aromatic hydroxyl groups is 3. The van der Waals surface area contributed by atoms with E-state index in [0.717, 1.165) is 18.2 Å². The fourth-order valence-electron chi connectivity index (χ4n) is 5.80. The second-order valence-corrected chi connectivity index (χ2v) is 13.0. The molecular formula is C40H42O18. The highest BCUT2D eigenvalue weighted by molar-refractivity contribution is 5.88. The quantitative estimate of drug-likeness (QED) is 0.0590. The maximum Gasteiger partial charge on any atom is 0.331 e. The van der Waals surface area contributed by atoms with E-state index in [9.17, 15) is 55.2 Å². The Morgan fingerprint density at radius 2 is 1.24 bits per heavy atom. The summed E-state index contributed by atoms with van der Waals surface area (Å²) in [5, 5.41) is 82.1. The molecule has 9 atom stereocenters. The van der Waals surface area contributed by atoms with Crippen molar-refractivity contribution in [3.8, 4) is 23.0 Å². The van der Waals surface area contributed by atoms with E-state index in [1.54, 1.807) is 0 Å². The van der Waals surface area contributed by atoms with Gasteiger partial charge in [0.25, 0.3) is 0 Å². The minimum atomic E-state index is -2.60. The number of phenolic OH excluding ortho intramolecular Hbond substituents is 3. The van der Waals surface area contributed by atoms with Gasteiger partial charge in [0.05, 0.1) is 13.7 Å². The molecule has 18 nitrogen and oxygen atoms in total. The minimum absolute atomic E-state index is 0.0169. The third-order valence-electron chi connectivity index (χ3n) is 8.91. The molecule has 2 fully saturated rings. The zero-order valence-electron chi connectivity index (χ0n) is 30.7. The summed E-state index contributed by atoms with van der Waals surface area (Å²) in [7, 11) is 1.34. The highest BCUT2D eigenvalue weighted by Gasteiger charge is 2.62. The smallest absolute Gasteiger partial charge is 0.331 e. The van der Waals surface area contributed by atoms with Crippen molar-refractivity contribution >= 4 is 36.1 Å². The van der Waals surface area contributed by atoms with Crippen molar-refractivity contribution in [1.29, 1.82) is 0 Å². The number of hydrogen-bond donors (Lipinski definition) is 8. The van der Waals surface area contributed by atoms with E-state index in [1.165, 1.54) is 92.1 Å². The third-order valence-corrected chi connectivity index (χ3v) is 8.91. The standard InChI is InChI=1S/C40H42O18/c1-52-28-18-24(6-14-27(28)44)9-16-31(45)53-20-30-35(49)38(56-33(47)17-8-23-4-12-26(43)13-5-23)40(57-30,58-39-37(51)36(50)34(48)29(19-41)55-39)21-54-32(46)15-7-22-2-10-25(42)11-3-22/h2-18,29-30,34-39,41-44,48-51H,19-21H2,1H3. The lowest BCUT2D eigenvalue weighted by molar-refractivity contribution is -0.383. The fraction of sp³-hybridized carbons (Fsp3) is 0.325. The number of phenols is 3. The summed E-state index contributed by atoms with van der Waals surface area (Å²) in [5.74, 6) is -5.71. The van der Waals surface area contributed by atoms with E-state index in [4.69, 9.17) is 33.2 Å². The van der Waals surface area contributed by atoms with Crippen molar-refractivity contribution in [3.05, 3.63) is 102 Å². The van der Waals surface area contributed by atoms with Gasteiger partial charge in [0, 0.05) is 18.2 Å². The molecule has 3 aromatic rings. The number of rotatable bonds is 15. The van der Waals surface area contributed by atoms with Crippen LogP contribution in [0, 0.1) is 0 Å². The molecule has 2 aliphatic rings. The van der Waals surface area contributed by atoms with Crippen LogP contribution in [0.25, 0.3) is 18.2 Å². The normalized spacial score (nSPS) is 27.2. The van der Waals surface area contributed by atoms with Crippen molar-refractivity contribution in [2.45, 2.75) is 54.8 Å². The Labute approximate surface area is 330 Å². The van der Waals surface area contributed by atoms with Gasteiger partial charge in [-0.15, -0.1) is 0 Å². The lowest BCUT2D eigenvalue weighted by atomic mass is 9.99. The summed E-state index contributed by atoms with van der Waals surface area (Å²) >= 11 is 0. The van der Waals surface area contributed by atoms with Crippen molar-refractivity contribution in [3.63, 3.8) is 0 Å². The van der Waals surface area contributed by atoms with E-state index in [1.807, 2.05) is 0 Å². The highest BCUT2D eigenvalue weighted by Crippen LogP contribution is 2.39. The predicted octanol–water partition coefficient (Wildman–Crippen LogP) is 0.523. The molecule has 2 heterocycles. The molecule has 9 unspecified atom stereocenters. The SMILES string of the molecule is COc1cc(C=CC(=O)OCC2OC(COC(=O)C=Cc3ccc(O)cc3)(OC3OC(CO)C(O)C(O)C3O)C(OC(=O)C=Cc3ccc(O)cc3)C2O)ccc1O. The number of aliphatic hydroxyl groups excluding tert-OH is 5. The molecule has 8 N–H and O–H groups in total.